The molecular weight excluding hydrogens is 232 g/mol. The van der Waals surface area contributed by atoms with E-state index in [0.29, 0.717) is 5.75 Å². The number of hydrogen-bond donors (Lipinski definition) is 1. The number of carboxylic acids is 1. The first-order valence-corrected chi connectivity index (χ1v) is 6.16. The van der Waals surface area contributed by atoms with Crippen molar-refractivity contribution in [1.29, 1.82) is 0 Å². The summed E-state index contributed by atoms with van der Waals surface area (Å²) in [5.41, 5.74) is 0.924. The van der Waals surface area contributed by atoms with Crippen LogP contribution in [0, 0.1) is 0 Å². The molecule has 0 atom stereocenters. The van der Waals surface area contributed by atoms with Crippen molar-refractivity contribution in [2.45, 2.75) is 11.4 Å². The Morgan fingerprint density at radius 3 is 3.20 bits per heavy atom. The first-order valence-electron chi connectivity index (χ1n) is 4.30. The van der Waals surface area contributed by atoms with Crippen LogP contribution in [0.2, 0.25) is 0 Å². The van der Waals surface area contributed by atoms with Crippen LogP contribution in [-0.2, 0) is 4.79 Å². The van der Waals surface area contributed by atoms with E-state index in [-0.39, 0.29) is 6.42 Å². The lowest BCUT2D eigenvalue weighted by Gasteiger charge is -1.99. The Labute approximate surface area is 94.4 Å². The molecule has 1 N–H and O–H groups in total. The van der Waals surface area contributed by atoms with Gasteiger partial charge < -0.3 is 5.11 Å². The van der Waals surface area contributed by atoms with Crippen molar-refractivity contribution in [2.24, 2.45) is 0 Å². The van der Waals surface area contributed by atoms with Crippen LogP contribution in [-0.4, -0.2) is 26.8 Å². The first kappa shape index (κ1) is 10.4. The lowest BCUT2D eigenvalue weighted by atomic mass is 10.5. The molecule has 0 aromatic carbocycles. The standard InChI is InChI=1S/C9H8N2O2S2/c12-7(13)2-4-15-9-8-6(1-3-14-8)10-5-11-9/h1,3,5H,2,4H2,(H,12,13). The summed E-state index contributed by atoms with van der Waals surface area (Å²) in [7, 11) is 0. The highest BCUT2D eigenvalue weighted by Crippen LogP contribution is 2.28. The molecule has 2 aromatic rings. The molecule has 78 valence electrons. The van der Waals surface area contributed by atoms with E-state index in [1.165, 1.54) is 18.1 Å². The molecule has 6 heteroatoms. The molecule has 0 aliphatic carbocycles. The fourth-order valence-electron chi connectivity index (χ4n) is 1.10. The fourth-order valence-corrected chi connectivity index (χ4v) is 2.98. The topological polar surface area (TPSA) is 63.1 Å². The number of nitrogens with zero attached hydrogens (tertiary/aromatic N) is 2. The van der Waals surface area contributed by atoms with E-state index in [1.54, 1.807) is 11.3 Å². The Balaban J connectivity index is 2.13. The number of aliphatic carboxylic acids is 1. The van der Waals surface area contributed by atoms with E-state index < -0.39 is 5.97 Å². The second-order valence-corrected chi connectivity index (χ2v) is 4.81. The maximum Gasteiger partial charge on any atom is 0.304 e. The van der Waals surface area contributed by atoms with Crippen molar-refractivity contribution < 1.29 is 9.90 Å². The highest BCUT2D eigenvalue weighted by Gasteiger charge is 2.06. The van der Waals surface area contributed by atoms with Gasteiger partial charge in [0.25, 0.3) is 0 Å². The minimum absolute atomic E-state index is 0.154. The van der Waals surface area contributed by atoms with Gasteiger partial charge in [-0.25, -0.2) is 9.97 Å². The molecule has 0 saturated heterocycles. The average Bonchev–Trinajstić information content (AvgIpc) is 2.65. The zero-order valence-electron chi connectivity index (χ0n) is 7.71. The molecule has 0 bridgehead atoms. The fraction of sp³-hybridized carbons (Fsp3) is 0.222. The molecule has 0 amide bonds. The Kier molecular flexibility index (Phi) is 3.17. The predicted octanol–water partition coefficient (Wildman–Crippen LogP) is 2.26. The summed E-state index contributed by atoms with van der Waals surface area (Å²) in [6.45, 7) is 0. The second kappa shape index (κ2) is 4.59. The zero-order valence-corrected chi connectivity index (χ0v) is 9.35. The quantitative estimate of drug-likeness (QED) is 0.656. The van der Waals surface area contributed by atoms with Gasteiger partial charge in [-0.2, -0.15) is 0 Å². The molecular formula is C9H8N2O2S2. The van der Waals surface area contributed by atoms with Gasteiger partial charge in [0.05, 0.1) is 16.6 Å². The van der Waals surface area contributed by atoms with Crippen LogP contribution in [0.5, 0.6) is 0 Å². The third-order valence-corrected chi connectivity index (χ3v) is 3.80. The molecule has 0 saturated carbocycles. The van der Waals surface area contributed by atoms with E-state index in [4.69, 9.17) is 5.11 Å². The lowest BCUT2D eigenvalue weighted by Crippen LogP contribution is -1.96. The number of carboxylic acid groups (broad SMARTS) is 1. The van der Waals surface area contributed by atoms with Gasteiger partial charge in [-0.1, -0.05) is 0 Å². The maximum atomic E-state index is 10.4. The van der Waals surface area contributed by atoms with Gasteiger partial charge in [-0.15, -0.1) is 23.1 Å². The summed E-state index contributed by atoms with van der Waals surface area (Å²) >= 11 is 3.04. The summed E-state index contributed by atoms with van der Waals surface area (Å²) < 4.78 is 1.04. The number of rotatable bonds is 4. The molecule has 4 nitrogen and oxygen atoms in total. The van der Waals surface area contributed by atoms with Crippen molar-refractivity contribution >= 4 is 39.3 Å². The van der Waals surface area contributed by atoms with E-state index in [1.807, 2.05) is 11.4 Å². The summed E-state index contributed by atoms with van der Waals surface area (Å²) in [6.07, 6.45) is 1.67. The second-order valence-electron chi connectivity index (χ2n) is 2.81. The third-order valence-electron chi connectivity index (χ3n) is 1.77. The van der Waals surface area contributed by atoms with Crippen LogP contribution in [0.15, 0.2) is 22.8 Å². The summed E-state index contributed by atoms with van der Waals surface area (Å²) in [5, 5.41) is 11.4. The normalized spacial score (nSPS) is 10.7. The monoisotopic (exact) mass is 240 g/mol. The minimum Gasteiger partial charge on any atom is -0.481 e. The first-order chi connectivity index (χ1) is 7.27. The average molecular weight is 240 g/mol. The van der Waals surface area contributed by atoms with Crippen LogP contribution >= 0.6 is 23.1 Å². The van der Waals surface area contributed by atoms with Gasteiger partial charge in [0, 0.05) is 5.75 Å². The van der Waals surface area contributed by atoms with E-state index >= 15 is 0 Å². The van der Waals surface area contributed by atoms with Crippen LogP contribution in [0.4, 0.5) is 0 Å². The van der Waals surface area contributed by atoms with Crippen LogP contribution in [0.1, 0.15) is 6.42 Å². The van der Waals surface area contributed by atoms with Crippen LogP contribution in [0.3, 0.4) is 0 Å². The number of aromatic nitrogens is 2. The molecule has 15 heavy (non-hydrogen) atoms. The molecule has 0 spiro atoms. The van der Waals surface area contributed by atoms with Crippen LogP contribution < -0.4 is 0 Å². The van der Waals surface area contributed by atoms with Gasteiger partial charge in [-0.3, -0.25) is 4.79 Å². The largest absolute Gasteiger partial charge is 0.481 e. The number of thiophene rings is 1. The molecule has 2 aromatic heterocycles. The van der Waals surface area contributed by atoms with Crippen molar-refractivity contribution in [3.8, 4) is 0 Å². The highest BCUT2D eigenvalue weighted by molar-refractivity contribution is 7.99. The molecule has 0 unspecified atom stereocenters. The summed E-state index contributed by atoms with van der Waals surface area (Å²) in [4.78, 5) is 18.6. The van der Waals surface area contributed by atoms with Gasteiger partial charge in [0.2, 0.25) is 0 Å². The highest BCUT2D eigenvalue weighted by atomic mass is 32.2. The number of carbonyl (C=O) groups is 1. The van der Waals surface area contributed by atoms with Crippen molar-refractivity contribution in [2.75, 3.05) is 5.75 Å². The van der Waals surface area contributed by atoms with Crippen molar-refractivity contribution in [1.82, 2.24) is 9.97 Å². The Morgan fingerprint density at radius 1 is 1.53 bits per heavy atom. The third kappa shape index (κ3) is 2.45. The van der Waals surface area contributed by atoms with E-state index in [0.717, 1.165) is 15.2 Å². The predicted molar refractivity (Wildman–Crippen MR) is 60.4 cm³/mol. The molecule has 0 aliphatic rings. The Hall–Kier alpha value is -1.14. The Bertz CT molecular complexity index is 484. The van der Waals surface area contributed by atoms with Gasteiger partial charge in [0.15, 0.2) is 0 Å². The van der Waals surface area contributed by atoms with Crippen LogP contribution in [0.25, 0.3) is 10.2 Å². The van der Waals surface area contributed by atoms with Crippen molar-refractivity contribution in [3.63, 3.8) is 0 Å². The molecule has 0 aliphatic heterocycles. The van der Waals surface area contributed by atoms with Gasteiger partial charge in [-0.05, 0) is 11.4 Å². The molecule has 0 fully saturated rings. The van der Waals surface area contributed by atoms with Gasteiger partial charge in [0.1, 0.15) is 11.4 Å². The minimum atomic E-state index is -0.779. The lowest BCUT2D eigenvalue weighted by molar-refractivity contribution is -0.136. The van der Waals surface area contributed by atoms with E-state index in [2.05, 4.69) is 9.97 Å². The van der Waals surface area contributed by atoms with Gasteiger partial charge >= 0.3 is 5.97 Å². The number of hydrogen-bond acceptors (Lipinski definition) is 5. The number of thioether (sulfide) groups is 1. The maximum absolute atomic E-state index is 10.4. The van der Waals surface area contributed by atoms with E-state index in [9.17, 15) is 4.79 Å². The molecule has 2 rings (SSSR count). The molecule has 0 radical (unpaired) electrons. The molecule has 2 heterocycles. The summed E-state index contributed by atoms with van der Waals surface area (Å²) in [5.74, 6) is -0.238. The number of fused-ring (bicyclic) bond motifs is 1. The SMILES string of the molecule is O=C(O)CCSc1ncnc2ccsc12. The Morgan fingerprint density at radius 2 is 2.40 bits per heavy atom. The van der Waals surface area contributed by atoms with Crippen molar-refractivity contribution in [3.05, 3.63) is 17.8 Å². The smallest absolute Gasteiger partial charge is 0.304 e. The zero-order chi connectivity index (χ0) is 10.7. The summed E-state index contributed by atoms with van der Waals surface area (Å²) in [6, 6.07) is 1.93.